The van der Waals surface area contributed by atoms with Gasteiger partial charge < -0.3 is 10.1 Å². The number of methoxy groups -OCH3 is 1. The molecule has 5 nitrogen and oxygen atoms in total. The Bertz CT molecular complexity index is 519. The molecule has 0 radical (unpaired) electrons. The molecule has 1 N–H and O–H groups in total. The summed E-state index contributed by atoms with van der Waals surface area (Å²) in [6.07, 6.45) is 5.00. The number of aromatic nitrogens is 2. The highest BCUT2D eigenvalue weighted by atomic mass is 16.5. The monoisotopic (exact) mass is 293 g/mol. The third kappa shape index (κ3) is 2.98. The number of amides is 1. The highest BCUT2D eigenvalue weighted by Crippen LogP contribution is 2.38. The van der Waals surface area contributed by atoms with Gasteiger partial charge in [-0.1, -0.05) is 0 Å². The fourth-order valence-electron chi connectivity index (χ4n) is 2.77. The molecule has 0 aromatic carbocycles. The normalized spacial score (nSPS) is 19.0. The van der Waals surface area contributed by atoms with Crippen molar-refractivity contribution in [2.24, 2.45) is 0 Å². The van der Waals surface area contributed by atoms with Crippen molar-refractivity contribution in [1.82, 2.24) is 15.1 Å². The zero-order chi connectivity index (χ0) is 15.8. The molecule has 1 aromatic heterocycles. The van der Waals surface area contributed by atoms with E-state index in [0.717, 1.165) is 25.0 Å². The standard InChI is InChI=1S/C16H27N3O2/c1-11-13(10-19(18-11)15(3,4)5)14(20)17-12(2)16(21-6)8-7-9-16/h10,12H,7-9H2,1-6H3,(H,17,20). The van der Waals surface area contributed by atoms with Crippen molar-refractivity contribution < 1.29 is 9.53 Å². The van der Waals surface area contributed by atoms with Gasteiger partial charge in [0.15, 0.2) is 0 Å². The number of carbonyl (C=O) groups is 1. The molecule has 0 spiro atoms. The van der Waals surface area contributed by atoms with Gasteiger partial charge in [-0.25, -0.2) is 0 Å². The van der Waals surface area contributed by atoms with Crippen molar-refractivity contribution in [3.8, 4) is 0 Å². The molecule has 21 heavy (non-hydrogen) atoms. The molecule has 2 rings (SSSR count). The van der Waals surface area contributed by atoms with E-state index in [-0.39, 0.29) is 23.1 Å². The Labute approximate surface area is 127 Å². The van der Waals surface area contributed by atoms with Gasteiger partial charge in [-0.2, -0.15) is 5.10 Å². The summed E-state index contributed by atoms with van der Waals surface area (Å²) in [6.45, 7) is 10.1. The second-order valence-corrected chi connectivity index (χ2v) is 7.06. The highest BCUT2D eigenvalue weighted by Gasteiger charge is 2.43. The molecule has 0 bridgehead atoms. The van der Waals surface area contributed by atoms with E-state index in [4.69, 9.17) is 4.74 Å². The molecular weight excluding hydrogens is 266 g/mol. The largest absolute Gasteiger partial charge is 0.376 e. The summed E-state index contributed by atoms with van der Waals surface area (Å²) >= 11 is 0. The van der Waals surface area contributed by atoms with E-state index in [9.17, 15) is 4.79 Å². The van der Waals surface area contributed by atoms with E-state index in [0.29, 0.717) is 5.56 Å². The molecule has 0 aliphatic heterocycles. The predicted molar refractivity (Wildman–Crippen MR) is 82.5 cm³/mol. The molecule has 1 amide bonds. The Morgan fingerprint density at radius 3 is 2.48 bits per heavy atom. The quantitative estimate of drug-likeness (QED) is 0.928. The van der Waals surface area contributed by atoms with Gasteiger partial charge in [-0.15, -0.1) is 0 Å². The summed E-state index contributed by atoms with van der Waals surface area (Å²) in [4.78, 5) is 12.5. The van der Waals surface area contributed by atoms with Crippen molar-refractivity contribution in [2.75, 3.05) is 7.11 Å². The number of rotatable bonds is 4. The van der Waals surface area contributed by atoms with Crippen LogP contribution in [0.4, 0.5) is 0 Å². The first kappa shape index (κ1) is 16.0. The van der Waals surface area contributed by atoms with Gasteiger partial charge in [0, 0.05) is 13.3 Å². The fraction of sp³-hybridized carbons (Fsp3) is 0.750. The number of carbonyl (C=O) groups excluding carboxylic acids is 1. The van der Waals surface area contributed by atoms with E-state index in [2.05, 4.69) is 31.2 Å². The lowest BCUT2D eigenvalue weighted by Crippen LogP contribution is -2.56. The van der Waals surface area contributed by atoms with Crippen LogP contribution in [0.2, 0.25) is 0 Å². The van der Waals surface area contributed by atoms with Gasteiger partial charge in [-0.3, -0.25) is 9.48 Å². The van der Waals surface area contributed by atoms with Crippen molar-refractivity contribution >= 4 is 5.91 Å². The first-order valence-corrected chi connectivity index (χ1v) is 7.62. The van der Waals surface area contributed by atoms with Gasteiger partial charge >= 0.3 is 0 Å². The average Bonchev–Trinajstić information content (AvgIpc) is 2.70. The number of ether oxygens (including phenoxy) is 1. The van der Waals surface area contributed by atoms with Crippen LogP contribution < -0.4 is 5.32 Å². The first-order chi connectivity index (χ1) is 9.69. The van der Waals surface area contributed by atoms with Crippen molar-refractivity contribution in [3.05, 3.63) is 17.5 Å². The maximum Gasteiger partial charge on any atom is 0.255 e. The molecule has 1 atom stereocenters. The van der Waals surface area contributed by atoms with Gasteiger partial charge in [-0.05, 0) is 53.9 Å². The minimum Gasteiger partial charge on any atom is -0.376 e. The molecule has 1 aliphatic carbocycles. The van der Waals surface area contributed by atoms with Crippen LogP contribution >= 0.6 is 0 Å². The smallest absolute Gasteiger partial charge is 0.255 e. The number of nitrogens with one attached hydrogen (secondary N) is 1. The molecule has 1 unspecified atom stereocenters. The van der Waals surface area contributed by atoms with E-state index in [1.807, 2.05) is 24.7 Å². The Hall–Kier alpha value is -1.36. The zero-order valence-electron chi connectivity index (χ0n) is 14.0. The van der Waals surface area contributed by atoms with E-state index < -0.39 is 0 Å². The van der Waals surface area contributed by atoms with Gasteiger partial charge in [0.1, 0.15) is 0 Å². The molecular formula is C16H27N3O2. The molecule has 1 fully saturated rings. The van der Waals surface area contributed by atoms with Gasteiger partial charge in [0.25, 0.3) is 5.91 Å². The second-order valence-electron chi connectivity index (χ2n) is 7.06. The van der Waals surface area contributed by atoms with Crippen LogP contribution in [0.15, 0.2) is 6.20 Å². The SMILES string of the molecule is COC1(C(C)NC(=O)c2cn(C(C)(C)C)nc2C)CCC1. The number of hydrogen-bond acceptors (Lipinski definition) is 3. The number of hydrogen-bond donors (Lipinski definition) is 1. The number of nitrogens with zero attached hydrogens (tertiary/aromatic N) is 2. The second kappa shape index (κ2) is 5.44. The zero-order valence-corrected chi connectivity index (χ0v) is 14.0. The lowest BCUT2D eigenvalue weighted by atomic mass is 9.75. The summed E-state index contributed by atoms with van der Waals surface area (Å²) < 4.78 is 7.47. The van der Waals surface area contributed by atoms with Crippen molar-refractivity contribution in [1.29, 1.82) is 0 Å². The summed E-state index contributed by atoms with van der Waals surface area (Å²) in [5, 5.41) is 7.53. The maximum absolute atomic E-state index is 12.5. The van der Waals surface area contributed by atoms with Crippen LogP contribution in [0.25, 0.3) is 0 Å². The van der Waals surface area contributed by atoms with Crippen LogP contribution in [-0.4, -0.2) is 34.4 Å². The van der Waals surface area contributed by atoms with Gasteiger partial charge in [0.05, 0.1) is 28.4 Å². The third-order valence-corrected chi connectivity index (χ3v) is 4.57. The molecule has 1 aliphatic rings. The van der Waals surface area contributed by atoms with Crippen LogP contribution in [0.5, 0.6) is 0 Å². The van der Waals surface area contributed by atoms with Crippen LogP contribution in [0.3, 0.4) is 0 Å². The van der Waals surface area contributed by atoms with E-state index in [1.54, 1.807) is 7.11 Å². The average molecular weight is 293 g/mol. The van der Waals surface area contributed by atoms with Gasteiger partial charge in [0.2, 0.25) is 0 Å². The van der Waals surface area contributed by atoms with Crippen LogP contribution in [0.1, 0.15) is 63.0 Å². The lowest BCUT2D eigenvalue weighted by Gasteiger charge is -2.45. The maximum atomic E-state index is 12.5. The molecule has 118 valence electrons. The minimum atomic E-state index is -0.191. The predicted octanol–water partition coefficient (Wildman–Crippen LogP) is 2.63. The lowest BCUT2D eigenvalue weighted by molar-refractivity contribution is -0.0919. The third-order valence-electron chi connectivity index (χ3n) is 4.57. The molecule has 1 saturated carbocycles. The summed E-state index contributed by atoms with van der Waals surface area (Å²) in [6, 6.07) is 0.00105. The van der Waals surface area contributed by atoms with Crippen molar-refractivity contribution in [2.45, 2.75) is 71.1 Å². The Morgan fingerprint density at radius 1 is 1.48 bits per heavy atom. The molecule has 0 saturated heterocycles. The minimum absolute atomic E-state index is 0.00105. The van der Waals surface area contributed by atoms with Crippen LogP contribution in [-0.2, 0) is 10.3 Å². The fourth-order valence-corrected chi connectivity index (χ4v) is 2.77. The highest BCUT2D eigenvalue weighted by molar-refractivity contribution is 5.95. The summed E-state index contributed by atoms with van der Waals surface area (Å²) in [7, 11) is 1.73. The van der Waals surface area contributed by atoms with E-state index >= 15 is 0 Å². The first-order valence-electron chi connectivity index (χ1n) is 7.62. The van der Waals surface area contributed by atoms with Crippen molar-refractivity contribution in [3.63, 3.8) is 0 Å². The Morgan fingerprint density at radius 2 is 2.10 bits per heavy atom. The van der Waals surface area contributed by atoms with Crippen LogP contribution in [0, 0.1) is 6.92 Å². The number of aryl methyl sites for hydroxylation is 1. The topological polar surface area (TPSA) is 56.1 Å². The Kier molecular flexibility index (Phi) is 4.15. The summed E-state index contributed by atoms with van der Waals surface area (Å²) in [5.74, 6) is -0.0705. The Balaban J connectivity index is 2.12. The molecule has 1 heterocycles. The van der Waals surface area contributed by atoms with E-state index in [1.165, 1.54) is 0 Å². The molecule has 5 heteroatoms. The summed E-state index contributed by atoms with van der Waals surface area (Å²) in [5.41, 5.74) is 1.08. The molecule has 1 aromatic rings.